The summed E-state index contributed by atoms with van der Waals surface area (Å²) in [6.45, 7) is 11.8. The molecule has 102 valence electrons. The van der Waals surface area contributed by atoms with Crippen molar-refractivity contribution in [1.29, 1.82) is 0 Å². The van der Waals surface area contributed by atoms with E-state index in [-0.39, 0.29) is 39.9 Å². The van der Waals surface area contributed by atoms with E-state index in [0.29, 0.717) is 5.56 Å². The largest absolute Gasteiger partial charge is 1.00 e. The maximum atomic E-state index is 11.4. The van der Waals surface area contributed by atoms with Crippen molar-refractivity contribution in [2.24, 2.45) is 0 Å². The zero-order chi connectivity index (χ0) is 14.4. The third kappa shape index (κ3) is 4.57. The zero-order valence-electron chi connectivity index (χ0n) is 12.9. The fourth-order valence-electron chi connectivity index (χ4n) is 2.14. The minimum atomic E-state index is -4.45. The number of benzene rings is 1. The van der Waals surface area contributed by atoms with Gasteiger partial charge in [-0.3, -0.25) is 0 Å². The van der Waals surface area contributed by atoms with Crippen LogP contribution >= 0.6 is 0 Å². The van der Waals surface area contributed by atoms with Gasteiger partial charge < -0.3 is 4.55 Å². The van der Waals surface area contributed by atoms with Gasteiger partial charge in [-0.1, -0.05) is 53.7 Å². The molecule has 0 spiro atoms. The van der Waals surface area contributed by atoms with Crippen molar-refractivity contribution in [2.45, 2.75) is 57.3 Å². The Bertz CT molecular complexity index is 549. The van der Waals surface area contributed by atoms with Gasteiger partial charge in [0.05, 0.1) is 4.90 Å². The van der Waals surface area contributed by atoms with Crippen LogP contribution in [0.4, 0.5) is 0 Å². The van der Waals surface area contributed by atoms with Crippen molar-refractivity contribution in [2.75, 3.05) is 0 Å². The average molecular weight is 292 g/mol. The molecule has 0 saturated carbocycles. The molecule has 3 nitrogen and oxygen atoms in total. The van der Waals surface area contributed by atoms with Gasteiger partial charge in [0.2, 0.25) is 0 Å². The van der Waals surface area contributed by atoms with Crippen molar-refractivity contribution in [3.05, 3.63) is 29.3 Å². The smallest absolute Gasteiger partial charge is 0.744 e. The van der Waals surface area contributed by atoms with Crippen LogP contribution in [0.2, 0.25) is 0 Å². The molecule has 0 aromatic heterocycles. The molecular formula is C14H21NaO3S. The zero-order valence-corrected chi connectivity index (χ0v) is 15.7. The van der Waals surface area contributed by atoms with Gasteiger partial charge >= 0.3 is 29.6 Å². The van der Waals surface area contributed by atoms with Crippen LogP contribution in [0.5, 0.6) is 0 Å². The summed E-state index contributed by atoms with van der Waals surface area (Å²) < 4.78 is 34.3. The summed E-state index contributed by atoms with van der Waals surface area (Å²) in [6.07, 6.45) is 0. The standard InChI is InChI=1S/C14H22O3S.Na/c1-13(2,3)10-8-7-9-11(18(15,16)17)12(10)14(4,5)6;/h7-9H,1-6H3,(H,15,16,17);/q;+1/p-1. The molecule has 0 fully saturated rings. The summed E-state index contributed by atoms with van der Waals surface area (Å²) in [5.41, 5.74) is 0.944. The van der Waals surface area contributed by atoms with Crippen LogP contribution in [0.15, 0.2) is 23.1 Å². The van der Waals surface area contributed by atoms with Crippen LogP contribution in [-0.2, 0) is 20.9 Å². The van der Waals surface area contributed by atoms with Crippen LogP contribution in [0.25, 0.3) is 0 Å². The van der Waals surface area contributed by atoms with E-state index in [1.807, 2.05) is 47.6 Å². The molecule has 0 aliphatic rings. The monoisotopic (exact) mass is 292 g/mol. The van der Waals surface area contributed by atoms with E-state index in [2.05, 4.69) is 0 Å². The van der Waals surface area contributed by atoms with Gasteiger partial charge in [0.15, 0.2) is 0 Å². The molecule has 1 rings (SSSR count). The molecule has 0 N–H and O–H groups in total. The molecular weight excluding hydrogens is 271 g/mol. The molecule has 0 saturated heterocycles. The summed E-state index contributed by atoms with van der Waals surface area (Å²) in [7, 11) is -4.45. The molecule has 0 amide bonds. The molecule has 0 radical (unpaired) electrons. The van der Waals surface area contributed by atoms with E-state index in [4.69, 9.17) is 0 Å². The summed E-state index contributed by atoms with van der Waals surface area (Å²) in [5.74, 6) is 0. The SMILES string of the molecule is CC(C)(C)c1cccc(S(=O)(=O)[O-])c1C(C)(C)C.[Na+]. The van der Waals surface area contributed by atoms with E-state index in [9.17, 15) is 13.0 Å². The van der Waals surface area contributed by atoms with Crippen LogP contribution in [0.1, 0.15) is 52.7 Å². The fraction of sp³-hybridized carbons (Fsp3) is 0.571. The summed E-state index contributed by atoms with van der Waals surface area (Å²) in [6, 6.07) is 4.94. The average Bonchev–Trinajstić information content (AvgIpc) is 2.12. The molecule has 0 heterocycles. The van der Waals surface area contributed by atoms with E-state index in [0.717, 1.165) is 5.56 Å². The van der Waals surface area contributed by atoms with Crippen molar-refractivity contribution in [3.63, 3.8) is 0 Å². The summed E-state index contributed by atoms with van der Waals surface area (Å²) >= 11 is 0. The first-order valence-electron chi connectivity index (χ1n) is 5.95. The van der Waals surface area contributed by atoms with Gasteiger partial charge in [-0.05, 0) is 28.0 Å². The third-order valence-corrected chi connectivity index (χ3v) is 3.73. The molecule has 0 aliphatic carbocycles. The quantitative estimate of drug-likeness (QED) is 0.548. The van der Waals surface area contributed by atoms with Crippen LogP contribution in [0, 0.1) is 0 Å². The van der Waals surface area contributed by atoms with Crippen LogP contribution in [-0.4, -0.2) is 13.0 Å². The van der Waals surface area contributed by atoms with E-state index in [1.165, 1.54) is 6.07 Å². The predicted octanol–water partition coefficient (Wildman–Crippen LogP) is 0.190. The molecule has 0 unspecified atom stereocenters. The van der Waals surface area contributed by atoms with Crippen molar-refractivity contribution in [3.8, 4) is 0 Å². The topological polar surface area (TPSA) is 57.2 Å². The second kappa shape index (κ2) is 5.86. The Morgan fingerprint density at radius 2 is 1.42 bits per heavy atom. The molecule has 1 aromatic carbocycles. The summed E-state index contributed by atoms with van der Waals surface area (Å²) in [4.78, 5) is -0.0950. The second-order valence-electron chi connectivity index (χ2n) is 6.63. The molecule has 19 heavy (non-hydrogen) atoms. The Balaban J connectivity index is 0.00000324. The molecule has 0 bridgehead atoms. The minimum absolute atomic E-state index is 0. The number of rotatable bonds is 1. The first-order valence-corrected chi connectivity index (χ1v) is 7.36. The predicted molar refractivity (Wildman–Crippen MR) is 71.8 cm³/mol. The van der Waals surface area contributed by atoms with E-state index >= 15 is 0 Å². The molecule has 0 atom stereocenters. The van der Waals surface area contributed by atoms with Crippen LogP contribution in [0.3, 0.4) is 0 Å². The van der Waals surface area contributed by atoms with Crippen molar-refractivity contribution < 1.29 is 42.5 Å². The fourth-order valence-corrected chi connectivity index (χ4v) is 3.05. The van der Waals surface area contributed by atoms with Gasteiger partial charge in [-0.2, -0.15) is 0 Å². The Morgan fingerprint density at radius 3 is 1.74 bits per heavy atom. The Labute approximate surface area is 138 Å². The summed E-state index contributed by atoms with van der Waals surface area (Å²) in [5, 5.41) is 0. The van der Waals surface area contributed by atoms with Crippen molar-refractivity contribution >= 4 is 10.1 Å². The second-order valence-corrected chi connectivity index (χ2v) is 7.98. The Morgan fingerprint density at radius 1 is 0.947 bits per heavy atom. The van der Waals surface area contributed by atoms with Crippen LogP contribution < -0.4 is 29.6 Å². The van der Waals surface area contributed by atoms with E-state index in [1.54, 1.807) is 6.07 Å². The number of hydrogen-bond acceptors (Lipinski definition) is 3. The van der Waals surface area contributed by atoms with Gasteiger partial charge in [0.25, 0.3) is 0 Å². The first-order chi connectivity index (χ1) is 7.85. The molecule has 0 aliphatic heterocycles. The molecule has 1 aromatic rings. The van der Waals surface area contributed by atoms with Crippen molar-refractivity contribution in [1.82, 2.24) is 0 Å². The van der Waals surface area contributed by atoms with E-state index < -0.39 is 15.5 Å². The Kier molecular flexibility index (Phi) is 5.90. The Hall–Kier alpha value is 0.130. The third-order valence-electron chi connectivity index (χ3n) is 2.85. The van der Waals surface area contributed by atoms with Gasteiger partial charge in [-0.15, -0.1) is 0 Å². The maximum absolute atomic E-state index is 11.4. The maximum Gasteiger partial charge on any atom is 1.00 e. The first kappa shape index (κ1) is 19.1. The minimum Gasteiger partial charge on any atom is -0.744 e. The van der Waals surface area contributed by atoms with Gasteiger partial charge in [-0.25, -0.2) is 8.42 Å². The number of hydrogen-bond donors (Lipinski definition) is 0. The normalized spacial score (nSPS) is 13.0. The van der Waals surface area contributed by atoms with Gasteiger partial charge in [0.1, 0.15) is 10.1 Å². The molecule has 5 heteroatoms. The van der Waals surface area contributed by atoms with Gasteiger partial charge in [0, 0.05) is 0 Å².